The lowest BCUT2D eigenvalue weighted by molar-refractivity contribution is -0.151. The maximum absolute atomic E-state index is 11.0. The molecule has 0 aliphatic heterocycles. The SMILES string of the molecule is NNOC(=O)CCOc1ccccc1CCO. The molecule has 6 nitrogen and oxygen atoms in total. The van der Waals surface area contributed by atoms with Crippen LogP contribution in [0.1, 0.15) is 12.0 Å². The number of hydrazine groups is 1. The second-order valence-corrected chi connectivity index (χ2v) is 3.27. The molecule has 1 aromatic carbocycles. The molecular weight excluding hydrogens is 224 g/mol. The van der Waals surface area contributed by atoms with Gasteiger partial charge in [-0.15, -0.1) is 0 Å². The van der Waals surface area contributed by atoms with E-state index < -0.39 is 5.97 Å². The fraction of sp³-hybridized carbons (Fsp3) is 0.364. The summed E-state index contributed by atoms with van der Waals surface area (Å²) in [6.07, 6.45) is 0.614. The van der Waals surface area contributed by atoms with Gasteiger partial charge in [-0.1, -0.05) is 23.8 Å². The third-order valence-electron chi connectivity index (χ3n) is 2.09. The fourth-order valence-corrected chi connectivity index (χ4v) is 1.33. The first kappa shape index (κ1) is 13.4. The molecule has 0 fully saturated rings. The highest BCUT2D eigenvalue weighted by Gasteiger charge is 2.05. The maximum atomic E-state index is 11.0. The number of ether oxygens (including phenoxy) is 1. The predicted octanol–water partition coefficient (Wildman–Crippen LogP) is -0.0882. The van der Waals surface area contributed by atoms with Gasteiger partial charge in [0.2, 0.25) is 0 Å². The number of hydrogen-bond acceptors (Lipinski definition) is 6. The van der Waals surface area contributed by atoms with Crippen molar-refractivity contribution < 1.29 is 19.5 Å². The number of rotatable bonds is 7. The topological polar surface area (TPSA) is 93.8 Å². The lowest BCUT2D eigenvalue weighted by Gasteiger charge is -2.10. The fourth-order valence-electron chi connectivity index (χ4n) is 1.33. The van der Waals surface area contributed by atoms with Gasteiger partial charge in [-0.2, -0.15) is 0 Å². The summed E-state index contributed by atoms with van der Waals surface area (Å²) >= 11 is 0. The van der Waals surface area contributed by atoms with Gasteiger partial charge in [0.05, 0.1) is 13.0 Å². The zero-order valence-electron chi connectivity index (χ0n) is 9.39. The summed E-state index contributed by atoms with van der Waals surface area (Å²) in [5.74, 6) is 4.98. The molecule has 0 aliphatic carbocycles. The normalized spacial score (nSPS) is 10.0. The Morgan fingerprint density at radius 1 is 1.41 bits per heavy atom. The third kappa shape index (κ3) is 4.81. The van der Waals surface area contributed by atoms with Crippen molar-refractivity contribution in [2.24, 2.45) is 5.84 Å². The zero-order valence-corrected chi connectivity index (χ0v) is 9.39. The predicted molar refractivity (Wildman–Crippen MR) is 60.8 cm³/mol. The summed E-state index contributed by atoms with van der Waals surface area (Å²) in [5.41, 5.74) is 2.71. The van der Waals surface area contributed by atoms with Crippen molar-refractivity contribution in [3.63, 3.8) is 0 Å². The van der Waals surface area contributed by atoms with Crippen molar-refractivity contribution in [2.75, 3.05) is 13.2 Å². The number of aliphatic hydroxyl groups is 1. The molecule has 1 rings (SSSR count). The molecule has 0 heterocycles. The highest BCUT2D eigenvalue weighted by molar-refractivity contribution is 5.69. The molecule has 0 aliphatic rings. The van der Waals surface area contributed by atoms with Crippen LogP contribution in [-0.2, 0) is 16.1 Å². The Kier molecular flexibility index (Phi) is 6.02. The molecule has 0 amide bonds. The number of nitrogens with two attached hydrogens (primary N) is 1. The summed E-state index contributed by atoms with van der Waals surface area (Å²) in [4.78, 5) is 15.3. The van der Waals surface area contributed by atoms with E-state index in [1.807, 2.05) is 23.8 Å². The van der Waals surface area contributed by atoms with Gasteiger partial charge in [0.15, 0.2) is 0 Å². The molecule has 0 atom stereocenters. The van der Waals surface area contributed by atoms with Crippen molar-refractivity contribution in [2.45, 2.75) is 12.8 Å². The van der Waals surface area contributed by atoms with Crippen molar-refractivity contribution in [1.29, 1.82) is 0 Å². The van der Waals surface area contributed by atoms with Gasteiger partial charge in [-0.05, 0) is 18.1 Å². The Bertz CT molecular complexity index is 357. The molecule has 0 saturated carbocycles. The second kappa shape index (κ2) is 7.61. The quantitative estimate of drug-likeness (QED) is 0.455. The summed E-state index contributed by atoms with van der Waals surface area (Å²) in [6, 6.07) is 7.35. The average Bonchev–Trinajstić information content (AvgIpc) is 2.32. The molecular formula is C11H16N2O4. The van der Waals surface area contributed by atoms with E-state index in [9.17, 15) is 4.79 Å². The van der Waals surface area contributed by atoms with Crippen LogP contribution in [0.2, 0.25) is 0 Å². The van der Waals surface area contributed by atoms with Crippen molar-refractivity contribution in [3.05, 3.63) is 29.8 Å². The number of hydrogen-bond donors (Lipinski definition) is 3. The minimum Gasteiger partial charge on any atom is -0.493 e. The van der Waals surface area contributed by atoms with Crippen LogP contribution in [0.5, 0.6) is 5.75 Å². The largest absolute Gasteiger partial charge is 0.493 e. The van der Waals surface area contributed by atoms with Gasteiger partial charge in [-0.3, -0.25) is 4.79 Å². The van der Waals surface area contributed by atoms with E-state index in [1.165, 1.54) is 0 Å². The van der Waals surface area contributed by atoms with Crippen molar-refractivity contribution in [3.8, 4) is 5.75 Å². The Balaban J connectivity index is 2.43. The molecule has 6 heteroatoms. The first-order valence-electron chi connectivity index (χ1n) is 5.24. The van der Waals surface area contributed by atoms with Crippen LogP contribution >= 0.6 is 0 Å². The Labute approximate surface area is 99.3 Å². The van der Waals surface area contributed by atoms with Crippen LogP contribution in [-0.4, -0.2) is 24.3 Å². The molecule has 0 aromatic heterocycles. The smallest absolute Gasteiger partial charge is 0.329 e. The molecule has 0 spiro atoms. The van der Waals surface area contributed by atoms with E-state index in [1.54, 1.807) is 6.07 Å². The molecule has 0 saturated heterocycles. The third-order valence-corrected chi connectivity index (χ3v) is 2.09. The van der Waals surface area contributed by atoms with Crippen molar-refractivity contribution in [1.82, 2.24) is 5.59 Å². The lowest BCUT2D eigenvalue weighted by Crippen LogP contribution is -2.27. The second-order valence-electron chi connectivity index (χ2n) is 3.27. The summed E-state index contributed by atoms with van der Waals surface area (Å²) in [5, 5.41) is 8.88. The number of nitrogens with one attached hydrogen (secondary N) is 1. The Hall–Kier alpha value is -1.63. The Morgan fingerprint density at radius 2 is 2.18 bits per heavy atom. The number of carbonyl (C=O) groups excluding carboxylic acids is 1. The van der Waals surface area contributed by atoms with Crippen LogP contribution in [0.4, 0.5) is 0 Å². The molecule has 17 heavy (non-hydrogen) atoms. The van der Waals surface area contributed by atoms with Gasteiger partial charge in [0.25, 0.3) is 0 Å². The van der Waals surface area contributed by atoms with Crippen molar-refractivity contribution >= 4 is 5.97 Å². The minimum absolute atomic E-state index is 0.0551. The Morgan fingerprint density at radius 3 is 2.88 bits per heavy atom. The molecule has 4 N–H and O–H groups in total. The molecule has 0 unspecified atom stereocenters. The van der Waals surface area contributed by atoms with Crippen LogP contribution in [0, 0.1) is 0 Å². The van der Waals surface area contributed by atoms with E-state index in [0.29, 0.717) is 12.2 Å². The van der Waals surface area contributed by atoms with Gasteiger partial charge in [0.1, 0.15) is 5.75 Å². The first-order valence-corrected chi connectivity index (χ1v) is 5.24. The molecule has 0 bridgehead atoms. The summed E-state index contributed by atoms with van der Waals surface area (Å²) in [7, 11) is 0. The number of carbonyl (C=O) groups is 1. The molecule has 1 aromatic rings. The first-order chi connectivity index (χ1) is 8.27. The van der Waals surface area contributed by atoms with Crippen LogP contribution in [0.3, 0.4) is 0 Å². The highest BCUT2D eigenvalue weighted by Crippen LogP contribution is 2.18. The summed E-state index contributed by atoms with van der Waals surface area (Å²) in [6.45, 7) is 0.252. The van der Waals surface area contributed by atoms with E-state index in [-0.39, 0.29) is 19.6 Å². The van der Waals surface area contributed by atoms with Crippen LogP contribution in [0.25, 0.3) is 0 Å². The van der Waals surface area contributed by atoms with Crippen LogP contribution < -0.4 is 16.2 Å². The standard InChI is InChI=1S/C11H16N2O4/c12-13-17-11(15)6-8-16-10-4-2-1-3-9(10)5-7-14/h1-4,13-14H,5-8,12H2. The number of para-hydroxylation sites is 1. The van der Waals surface area contributed by atoms with E-state index in [4.69, 9.17) is 15.7 Å². The molecule has 94 valence electrons. The van der Waals surface area contributed by atoms with E-state index in [0.717, 1.165) is 5.56 Å². The summed E-state index contributed by atoms with van der Waals surface area (Å²) < 4.78 is 5.43. The van der Waals surface area contributed by atoms with Gasteiger partial charge in [0, 0.05) is 6.61 Å². The molecule has 0 radical (unpaired) electrons. The van der Waals surface area contributed by atoms with Gasteiger partial charge >= 0.3 is 5.97 Å². The zero-order chi connectivity index (χ0) is 12.5. The number of benzene rings is 1. The van der Waals surface area contributed by atoms with Crippen LogP contribution in [0.15, 0.2) is 24.3 Å². The monoisotopic (exact) mass is 240 g/mol. The minimum atomic E-state index is -0.493. The van der Waals surface area contributed by atoms with Gasteiger partial charge < -0.3 is 14.7 Å². The van der Waals surface area contributed by atoms with E-state index in [2.05, 4.69) is 4.84 Å². The maximum Gasteiger partial charge on any atom is 0.329 e. The van der Waals surface area contributed by atoms with Gasteiger partial charge in [-0.25, -0.2) is 5.84 Å². The lowest BCUT2D eigenvalue weighted by atomic mass is 10.1. The van der Waals surface area contributed by atoms with E-state index >= 15 is 0 Å². The highest BCUT2D eigenvalue weighted by atomic mass is 16.7. The average molecular weight is 240 g/mol. The number of aliphatic hydroxyl groups excluding tert-OH is 1.